The van der Waals surface area contributed by atoms with Gasteiger partial charge in [0.1, 0.15) is 0 Å². The third kappa shape index (κ3) is 4.86. The molecular formula is C21H21N3O2S. The molecule has 0 bridgehead atoms. The number of H-pyrrole nitrogens is 1. The third-order valence-electron chi connectivity index (χ3n) is 4.09. The minimum absolute atomic E-state index is 0.139. The molecule has 0 aliphatic rings. The highest BCUT2D eigenvalue weighted by atomic mass is 32.2. The average molecular weight is 379 g/mol. The fourth-order valence-electron chi connectivity index (χ4n) is 2.66. The summed E-state index contributed by atoms with van der Waals surface area (Å²) >= 11 is 1.22. The zero-order valence-corrected chi connectivity index (χ0v) is 16.3. The Morgan fingerprint density at radius 2 is 1.85 bits per heavy atom. The summed E-state index contributed by atoms with van der Waals surface area (Å²) in [5.74, 6) is -0.139. The van der Waals surface area contributed by atoms with Crippen LogP contribution in [0.15, 0.2) is 64.5 Å². The largest absolute Gasteiger partial charge is 0.325 e. The van der Waals surface area contributed by atoms with Crippen molar-refractivity contribution in [2.75, 3.05) is 5.32 Å². The van der Waals surface area contributed by atoms with Crippen molar-refractivity contribution >= 4 is 23.4 Å². The Morgan fingerprint density at radius 1 is 1.11 bits per heavy atom. The van der Waals surface area contributed by atoms with E-state index in [0.717, 1.165) is 22.4 Å². The van der Waals surface area contributed by atoms with Crippen molar-refractivity contribution in [3.63, 3.8) is 0 Å². The first-order chi connectivity index (χ1) is 12.9. The van der Waals surface area contributed by atoms with Crippen LogP contribution in [0.1, 0.15) is 18.1 Å². The van der Waals surface area contributed by atoms with Crippen LogP contribution < -0.4 is 10.9 Å². The molecule has 0 saturated carbocycles. The number of thioether (sulfide) groups is 1. The van der Waals surface area contributed by atoms with Crippen molar-refractivity contribution in [3.05, 3.63) is 76.1 Å². The second kappa shape index (κ2) is 8.22. The summed E-state index contributed by atoms with van der Waals surface area (Å²) in [6.07, 6.45) is 0. The number of nitrogens with zero attached hydrogens (tertiary/aromatic N) is 1. The van der Waals surface area contributed by atoms with E-state index in [1.807, 2.05) is 62.4 Å². The molecule has 0 saturated heterocycles. The van der Waals surface area contributed by atoms with E-state index in [1.165, 1.54) is 17.8 Å². The number of aryl methyl sites for hydroxylation is 2. The molecule has 0 spiro atoms. The van der Waals surface area contributed by atoms with E-state index in [-0.39, 0.29) is 11.5 Å². The molecule has 5 nitrogen and oxygen atoms in total. The topological polar surface area (TPSA) is 74.8 Å². The summed E-state index contributed by atoms with van der Waals surface area (Å²) in [5.41, 5.74) is 4.15. The summed E-state index contributed by atoms with van der Waals surface area (Å²) < 4.78 is 0. The molecule has 0 radical (unpaired) electrons. The number of aromatic amines is 1. The Labute approximate surface area is 162 Å². The Morgan fingerprint density at radius 3 is 2.56 bits per heavy atom. The molecule has 0 aliphatic heterocycles. The van der Waals surface area contributed by atoms with E-state index >= 15 is 0 Å². The molecule has 0 aliphatic carbocycles. The Kier molecular flexibility index (Phi) is 5.76. The standard InChI is InChI=1S/C21H21N3O2S/c1-13-9-10-17(14(2)11-13)22-20(26)15(3)27-21-23-18(12-19(25)24-21)16-7-5-4-6-8-16/h4-12,15H,1-3H3,(H,22,26)(H,23,24,25)/t15-/m0/s1. The van der Waals surface area contributed by atoms with Crippen LogP contribution in [0.5, 0.6) is 0 Å². The quantitative estimate of drug-likeness (QED) is 0.515. The van der Waals surface area contributed by atoms with Crippen LogP contribution in [-0.4, -0.2) is 21.1 Å². The first-order valence-corrected chi connectivity index (χ1v) is 9.52. The van der Waals surface area contributed by atoms with Crippen LogP contribution >= 0.6 is 11.8 Å². The maximum atomic E-state index is 12.5. The van der Waals surface area contributed by atoms with E-state index in [9.17, 15) is 9.59 Å². The summed E-state index contributed by atoms with van der Waals surface area (Å²) in [6, 6.07) is 16.8. The SMILES string of the molecule is Cc1ccc(NC(=O)[C@H](C)Sc2nc(-c3ccccc3)cc(=O)[nH]2)c(C)c1. The van der Waals surface area contributed by atoms with Gasteiger partial charge in [-0.2, -0.15) is 0 Å². The lowest BCUT2D eigenvalue weighted by atomic mass is 10.1. The van der Waals surface area contributed by atoms with Gasteiger partial charge in [0.25, 0.3) is 5.56 Å². The summed E-state index contributed by atoms with van der Waals surface area (Å²) in [5, 5.41) is 2.94. The van der Waals surface area contributed by atoms with E-state index in [1.54, 1.807) is 6.92 Å². The van der Waals surface area contributed by atoms with Gasteiger partial charge in [0.15, 0.2) is 5.16 Å². The van der Waals surface area contributed by atoms with E-state index in [4.69, 9.17) is 0 Å². The third-order valence-corrected chi connectivity index (χ3v) is 5.07. The van der Waals surface area contributed by atoms with Gasteiger partial charge in [-0.25, -0.2) is 4.98 Å². The number of anilines is 1. The fourth-order valence-corrected chi connectivity index (χ4v) is 3.47. The molecule has 3 aromatic rings. The number of amides is 1. The number of hydrogen-bond acceptors (Lipinski definition) is 4. The van der Waals surface area contributed by atoms with Crippen molar-refractivity contribution < 1.29 is 4.79 Å². The van der Waals surface area contributed by atoms with Gasteiger partial charge in [-0.15, -0.1) is 0 Å². The van der Waals surface area contributed by atoms with E-state index in [2.05, 4.69) is 15.3 Å². The minimum atomic E-state index is -0.417. The van der Waals surface area contributed by atoms with Gasteiger partial charge in [-0.1, -0.05) is 59.8 Å². The van der Waals surface area contributed by atoms with Crippen LogP contribution in [0.2, 0.25) is 0 Å². The highest BCUT2D eigenvalue weighted by molar-refractivity contribution is 8.00. The smallest absolute Gasteiger partial charge is 0.252 e. The lowest BCUT2D eigenvalue weighted by Gasteiger charge is -2.14. The van der Waals surface area contributed by atoms with Crippen LogP contribution in [0, 0.1) is 13.8 Å². The molecule has 0 fully saturated rings. The van der Waals surface area contributed by atoms with Gasteiger partial charge in [-0.3, -0.25) is 9.59 Å². The molecule has 27 heavy (non-hydrogen) atoms. The predicted molar refractivity (Wildman–Crippen MR) is 110 cm³/mol. The van der Waals surface area contributed by atoms with Gasteiger partial charge < -0.3 is 10.3 Å². The molecule has 1 aromatic heterocycles. The molecule has 3 rings (SSSR count). The molecular weight excluding hydrogens is 358 g/mol. The minimum Gasteiger partial charge on any atom is -0.325 e. The number of nitrogens with one attached hydrogen (secondary N) is 2. The first kappa shape index (κ1) is 18.9. The number of carbonyl (C=O) groups excluding carboxylic acids is 1. The fraction of sp³-hybridized carbons (Fsp3) is 0.190. The molecule has 2 aromatic carbocycles. The van der Waals surface area contributed by atoms with E-state index < -0.39 is 5.25 Å². The van der Waals surface area contributed by atoms with Crippen LogP contribution in [-0.2, 0) is 4.79 Å². The second-order valence-electron chi connectivity index (χ2n) is 6.37. The lowest BCUT2D eigenvalue weighted by molar-refractivity contribution is -0.115. The Bertz CT molecular complexity index is 1020. The Hall–Kier alpha value is -2.86. The van der Waals surface area contributed by atoms with Gasteiger partial charge in [0, 0.05) is 17.3 Å². The molecule has 6 heteroatoms. The zero-order chi connectivity index (χ0) is 19.4. The van der Waals surface area contributed by atoms with Gasteiger partial charge in [-0.05, 0) is 32.4 Å². The summed E-state index contributed by atoms with van der Waals surface area (Å²) in [4.78, 5) is 31.7. The monoisotopic (exact) mass is 379 g/mol. The maximum absolute atomic E-state index is 12.5. The number of rotatable bonds is 5. The van der Waals surface area contributed by atoms with Crippen LogP contribution in [0.25, 0.3) is 11.3 Å². The van der Waals surface area contributed by atoms with Crippen molar-refractivity contribution in [1.29, 1.82) is 0 Å². The number of aromatic nitrogens is 2. The van der Waals surface area contributed by atoms with Crippen molar-refractivity contribution in [1.82, 2.24) is 9.97 Å². The van der Waals surface area contributed by atoms with E-state index in [0.29, 0.717) is 10.9 Å². The molecule has 0 unspecified atom stereocenters. The molecule has 2 N–H and O–H groups in total. The molecule has 1 atom stereocenters. The van der Waals surface area contributed by atoms with Crippen molar-refractivity contribution in [2.45, 2.75) is 31.2 Å². The summed E-state index contributed by atoms with van der Waals surface area (Å²) in [6.45, 7) is 5.76. The van der Waals surface area contributed by atoms with Gasteiger partial charge in [0.2, 0.25) is 5.91 Å². The summed E-state index contributed by atoms with van der Waals surface area (Å²) in [7, 11) is 0. The molecule has 138 valence electrons. The number of carbonyl (C=O) groups is 1. The number of benzene rings is 2. The highest BCUT2D eigenvalue weighted by Crippen LogP contribution is 2.24. The second-order valence-corrected chi connectivity index (χ2v) is 7.70. The normalized spacial score (nSPS) is 11.8. The van der Waals surface area contributed by atoms with Crippen LogP contribution in [0.4, 0.5) is 5.69 Å². The Balaban J connectivity index is 1.75. The van der Waals surface area contributed by atoms with Gasteiger partial charge in [0.05, 0.1) is 10.9 Å². The predicted octanol–water partition coefficient (Wildman–Crippen LogP) is 4.17. The highest BCUT2D eigenvalue weighted by Gasteiger charge is 2.17. The van der Waals surface area contributed by atoms with Gasteiger partial charge >= 0.3 is 0 Å². The molecule has 1 heterocycles. The lowest BCUT2D eigenvalue weighted by Crippen LogP contribution is -2.23. The van der Waals surface area contributed by atoms with Crippen molar-refractivity contribution in [3.8, 4) is 11.3 Å². The number of hydrogen-bond donors (Lipinski definition) is 2. The average Bonchev–Trinajstić information content (AvgIpc) is 2.64. The van der Waals surface area contributed by atoms with Crippen molar-refractivity contribution in [2.24, 2.45) is 0 Å². The molecule has 1 amide bonds. The van der Waals surface area contributed by atoms with Crippen LogP contribution in [0.3, 0.4) is 0 Å². The first-order valence-electron chi connectivity index (χ1n) is 8.64. The zero-order valence-electron chi connectivity index (χ0n) is 15.4. The maximum Gasteiger partial charge on any atom is 0.252 e.